The number of rotatable bonds is 3. The molecule has 1 aliphatic heterocycles. The number of hydrogen-bond acceptors (Lipinski definition) is 5. The molecule has 28 heavy (non-hydrogen) atoms. The van der Waals surface area contributed by atoms with Gasteiger partial charge in [0.15, 0.2) is 0 Å². The van der Waals surface area contributed by atoms with Crippen molar-refractivity contribution in [2.24, 2.45) is 17.6 Å². The number of phenols is 1. The van der Waals surface area contributed by atoms with Crippen LogP contribution in [0.5, 0.6) is 5.75 Å². The standard InChI is InChI=1S/C20H24ClN3O4/c1-9-6-23(8-14(22)10(9)2)18-15(25)5-12-17(16(18)21)24(11-3-4-11)7-13(19(12)26)20(27)28/h5,7,9-11,14,25H,3-4,6,8,22H2,1-2H3,(H,27,28)/t9-,10-,14-/m1/s1. The van der Waals surface area contributed by atoms with Gasteiger partial charge in [-0.15, -0.1) is 0 Å². The number of aromatic nitrogens is 1. The third-order valence-electron chi connectivity index (χ3n) is 6.21. The topological polar surface area (TPSA) is 109 Å². The number of pyridine rings is 1. The molecule has 2 aromatic rings. The third kappa shape index (κ3) is 2.93. The van der Waals surface area contributed by atoms with Gasteiger partial charge in [0.25, 0.3) is 0 Å². The van der Waals surface area contributed by atoms with E-state index in [1.165, 1.54) is 12.3 Å². The molecule has 0 amide bonds. The number of hydrogen-bond donors (Lipinski definition) is 3. The van der Waals surface area contributed by atoms with Crippen LogP contribution >= 0.6 is 11.6 Å². The van der Waals surface area contributed by atoms with E-state index in [-0.39, 0.29) is 33.8 Å². The monoisotopic (exact) mass is 405 g/mol. The van der Waals surface area contributed by atoms with Gasteiger partial charge in [0.2, 0.25) is 5.43 Å². The number of nitrogens with zero attached hydrogens (tertiary/aromatic N) is 2. The zero-order valence-electron chi connectivity index (χ0n) is 15.9. The Hall–Kier alpha value is -2.25. The lowest BCUT2D eigenvalue weighted by atomic mass is 9.85. The summed E-state index contributed by atoms with van der Waals surface area (Å²) in [5.74, 6) is -0.755. The van der Waals surface area contributed by atoms with Gasteiger partial charge in [-0.05, 0) is 30.7 Å². The lowest BCUT2D eigenvalue weighted by molar-refractivity contribution is 0.0695. The van der Waals surface area contributed by atoms with Crippen LogP contribution in [0.25, 0.3) is 10.9 Å². The predicted molar refractivity (Wildman–Crippen MR) is 109 cm³/mol. The van der Waals surface area contributed by atoms with Crippen molar-refractivity contribution in [3.63, 3.8) is 0 Å². The Balaban J connectivity index is 1.95. The molecule has 1 aromatic carbocycles. The molecule has 1 aromatic heterocycles. The van der Waals surface area contributed by atoms with Gasteiger partial charge in [-0.25, -0.2) is 4.79 Å². The van der Waals surface area contributed by atoms with Crippen LogP contribution in [0.1, 0.15) is 43.1 Å². The molecule has 1 saturated heterocycles. The number of piperidine rings is 1. The molecule has 2 aliphatic rings. The van der Waals surface area contributed by atoms with Gasteiger partial charge >= 0.3 is 5.97 Å². The van der Waals surface area contributed by atoms with Crippen LogP contribution in [-0.4, -0.2) is 39.9 Å². The Morgan fingerprint density at radius 3 is 2.54 bits per heavy atom. The normalized spacial score (nSPS) is 25.3. The molecule has 4 N–H and O–H groups in total. The number of halogens is 1. The van der Waals surface area contributed by atoms with Crippen LogP contribution in [0.2, 0.25) is 5.02 Å². The number of benzene rings is 1. The number of fused-ring (bicyclic) bond motifs is 1. The van der Waals surface area contributed by atoms with Gasteiger partial charge < -0.3 is 25.4 Å². The number of carboxylic acids is 1. The number of carboxylic acid groups (broad SMARTS) is 1. The molecule has 150 valence electrons. The Morgan fingerprint density at radius 2 is 1.96 bits per heavy atom. The molecule has 2 fully saturated rings. The number of phenolic OH excluding ortho intramolecular Hbond substituents is 1. The summed E-state index contributed by atoms with van der Waals surface area (Å²) in [4.78, 5) is 26.2. The summed E-state index contributed by atoms with van der Waals surface area (Å²) < 4.78 is 1.78. The molecular formula is C20H24ClN3O4. The molecule has 0 unspecified atom stereocenters. The smallest absolute Gasteiger partial charge is 0.341 e. The van der Waals surface area contributed by atoms with E-state index in [1.54, 1.807) is 4.57 Å². The van der Waals surface area contributed by atoms with Gasteiger partial charge in [-0.3, -0.25) is 4.79 Å². The summed E-state index contributed by atoms with van der Waals surface area (Å²) in [6.45, 7) is 5.47. The van der Waals surface area contributed by atoms with Crippen molar-refractivity contribution in [1.29, 1.82) is 0 Å². The molecule has 4 rings (SSSR count). The quantitative estimate of drug-likeness (QED) is 0.724. The van der Waals surface area contributed by atoms with Crippen LogP contribution in [0.15, 0.2) is 17.1 Å². The largest absolute Gasteiger partial charge is 0.506 e. The van der Waals surface area contributed by atoms with E-state index in [9.17, 15) is 19.8 Å². The lowest BCUT2D eigenvalue weighted by Gasteiger charge is -2.41. The molecule has 0 bridgehead atoms. The van der Waals surface area contributed by atoms with Crippen molar-refractivity contribution >= 4 is 34.2 Å². The Labute approximate surface area is 167 Å². The molecule has 8 heteroatoms. The molecule has 0 spiro atoms. The van der Waals surface area contributed by atoms with Crippen molar-refractivity contribution in [3.8, 4) is 5.75 Å². The maximum absolute atomic E-state index is 12.7. The Morgan fingerprint density at radius 1 is 1.29 bits per heavy atom. The summed E-state index contributed by atoms with van der Waals surface area (Å²) in [6.07, 6.45) is 3.17. The molecule has 3 atom stereocenters. The van der Waals surface area contributed by atoms with E-state index in [2.05, 4.69) is 13.8 Å². The highest BCUT2D eigenvalue weighted by atomic mass is 35.5. The summed E-state index contributed by atoms with van der Waals surface area (Å²) >= 11 is 6.74. The maximum Gasteiger partial charge on any atom is 0.341 e. The van der Waals surface area contributed by atoms with Crippen LogP contribution < -0.4 is 16.1 Å². The second-order valence-electron chi connectivity index (χ2n) is 8.18. The predicted octanol–water partition coefficient (Wildman–Crippen LogP) is 2.81. The van der Waals surface area contributed by atoms with Gasteiger partial charge in [0, 0.05) is 31.4 Å². The summed E-state index contributed by atoms with van der Waals surface area (Å²) in [5.41, 5.74) is 6.27. The molecular weight excluding hydrogens is 382 g/mol. The highest BCUT2D eigenvalue weighted by molar-refractivity contribution is 6.38. The third-order valence-corrected chi connectivity index (χ3v) is 6.57. The van der Waals surface area contributed by atoms with E-state index in [0.29, 0.717) is 36.1 Å². The van der Waals surface area contributed by atoms with Crippen molar-refractivity contribution in [1.82, 2.24) is 4.57 Å². The van der Waals surface area contributed by atoms with Gasteiger partial charge in [0.05, 0.1) is 15.9 Å². The first-order chi connectivity index (χ1) is 13.2. The average molecular weight is 406 g/mol. The molecule has 1 aliphatic carbocycles. The first-order valence-corrected chi connectivity index (χ1v) is 9.92. The van der Waals surface area contributed by atoms with Crippen LogP contribution in [0, 0.1) is 11.8 Å². The van der Waals surface area contributed by atoms with Crippen molar-refractivity contribution in [2.45, 2.75) is 38.8 Å². The van der Waals surface area contributed by atoms with Gasteiger partial charge in [-0.1, -0.05) is 25.4 Å². The van der Waals surface area contributed by atoms with Gasteiger partial charge in [0.1, 0.15) is 17.0 Å². The highest BCUT2D eigenvalue weighted by Crippen LogP contribution is 2.45. The molecule has 7 nitrogen and oxygen atoms in total. The fraction of sp³-hybridized carbons (Fsp3) is 0.500. The fourth-order valence-corrected chi connectivity index (χ4v) is 4.57. The van der Waals surface area contributed by atoms with Crippen molar-refractivity contribution in [3.05, 3.63) is 33.1 Å². The first-order valence-electron chi connectivity index (χ1n) is 9.54. The van der Waals surface area contributed by atoms with E-state index >= 15 is 0 Å². The minimum absolute atomic E-state index is 0.0603. The van der Waals surface area contributed by atoms with E-state index in [0.717, 1.165) is 12.8 Å². The summed E-state index contributed by atoms with van der Waals surface area (Å²) in [7, 11) is 0. The van der Waals surface area contributed by atoms with Crippen molar-refractivity contribution < 1.29 is 15.0 Å². The van der Waals surface area contributed by atoms with Crippen molar-refractivity contribution in [2.75, 3.05) is 18.0 Å². The minimum Gasteiger partial charge on any atom is -0.506 e. The molecule has 2 heterocycles. The van der Waals surface area contributed by atoms with E-state index in [4.69, 9.17) is 17.3 Å². The average Bonchev–Trinajstić information content (AvgIpc) is 3.45. The lowest BCUT2D eigenvalue weighted by Crippen LogP contribution is -2.51. The second-order valence-corrected chi connectivity index (χ2v) is 8.55. The fourth-order valence-electron chi connectivity index (χ4n) is 4.16. The van der Waals surface area contributed by atoms with Crippen LogP contribution in [0.3, 0.4) is 0 Å². The number of carbonyl (C=O) groups is 1. The Kier molecular flexibility index (Phi) is 4.55. The Bertz CT molecular complexity index is 1020. The molecule has 0 radical (unpaired) electrons. The van der Waals surface area contributed by atoms with E-state index in [1.807, 2.05) is 4.90 Å². The second kappa shape index (κ2) is 6.67. The SMILES string of the molecule is C[C@@H]1[C@H](C)CN(c2c(O)cc3c(=O)c(C(=O)O)cn(C4CC4)c3c2Cl)C[C@H]1N. The van der Waals surface area contributed by atoms with Gasteiger partial charge in [-0.2, -0.15) is 0 Å². The number of nitrogens with two attached hydrogens (primary N) is 1. The summed E-state index contributed by atoms with van der Waals surface area (Å²) in [5, 5.41) is 20.5. The zero-order valence-corrected chi connectivity index (χ0v) is 16.6. The maximum atomic E-state index is 12.7. The summed E-state index contributed by atoms with van der Waals surface area (Å²) in [6, 6.07) is 1.40. The minimum atomic E-state index is -1.29. The van der Waals surface area contributed by atoms with E-state index < -0.39 is 11.4 Å². The van der Waals surface area contributed by atoms with Crippen LogP contribution in [-0.2, 0) is 0 Å². The number of aromatic carboxylic acids is 1. The number of aromatic hydroxyl groups is 1. The molecule has 1 saturated carbocycles. The zero-order chi connectivity index (χ0) is 20.3. The number of anilines is 1. The highest BCUT2D eigenvalue weighted by Gasteiger charge is 2.34. The first kappa shape index (κ1) is 19.1. The van der Waals surface area contributed by atoms with Crippen LogP contribution in [0.4, 0.5) is 5.69 Å².